The fourth-order valence-electron chi connectivity index (χ4n) is 2.45. The van der Waals surface area contributed by atoms with Crippen molar-refractivity contribution in [2.45, 2.75) is 0 Å². The number of fused-ring (bicyclic) bond motifs is 3. The molecule has 0 saturated carbocycles. The molecule has 0 atom stereocenters. The van der Waals surface area contributed by atoms with Gasteiger partial charge in [0.2, 0.25) is 0 Å². The highest BCUT2D eigenvalue weighted by Crippen LogP contribution is 2.32. The molecule has 2 heterocycles. The Morgan fingerprint density at radius 3 is 2.50 bits per heavy atom. The summed E-state index contributed by atoms with van der Waals surface area (Å²) >= 11 is 0. The Morgan fingerprint density at radius 2 is 1.65 bits per heavy atom. The third-order valence-corrected chi connectivity index (χ3v) is 3.40. The molecule has 0 aliphatic carbocycles. The van der Waals surface area contributed by atoms with Crippen LogP contribution in [0.5, 0.6) is 0 Å². The third kappa shape index (κ3) is 1.57. The van der Waals surface area contributed by atoms with E-state index in [1.165, 1.54) is 0 Å². The van der Waals surface area contributed by atoms with Crippen molar-refractivity contribution in [3.8, 4) is 11.3 Å². The number of carbonyl (C=O) groups excluding carboxylic acids is 1. The molecule has 0 radical (unpaired) electrons. The minimum absolute atomic E-state index is 0.331. The van der Waals surface area contributed by atoms with Crippen LogP contribution in [0.25, 0.3) is 33.3 Å². The molecule has 20 heavy (non-hydrogen) atoms. The van der Waals surface area contributed by atoms with E-state index >= 15 is 0 Å². The van der Waals surface area contributed by atoms with Crippen LogP contribution >= 0.6 is 0 Å². The zero-order chi connectivity index (χ0) is 13.5. The molecule has 0 N–H and O–H groups in total. The SMILES string of the molecule is O=Cc1ccc(-c2ccc3oc4ccccc4c3c2)o1. The van der Waals surface area contributed by atoms with Gasteiger partial charge in [0.15, 0.2) is 12.0 Å². The highest BCUT2D eigenvalue weighted by atomic mass is 16.3. The Morgan fingerprint density at radius 1 is 0.800 bits per heavy atom. The lowest BCUT2D eigenvalue weighted by Crippen LogP contribution is -1.74. The van der Waals surface area contributed by atoms with Crippen molar-refractivity contribution >= 4 is 28.2 Å². The molecular weight excluding hydrogens is 252 g/mol. The third-order valence-electron chi connectivity index (χ3n) is 3.40. The van der Waals surface area contributed by atoms with Crippen molar-refractivity contribution in [2.75, 3.05) is 0 Å². The van der Waals surface area contributed by atoms with Crippen molar-refractivity contribution in [3.05, 3.63) is 60.4 Å². The maximum absolute atomic E-state index is 10.7. The summed E-state index contributed by atoms with van der Waals surface area (Å²) in [7, 11) is 0. The Kier molecular flexibility index (Phi) is 2.27. The predicted octanol–water partition coefficient (Wildman–Crippen LogP) is 4.66. The number of furan rings is 2. The molecule has 0 amide bonds. The minimum atomic E-state index is 0.331. The summed E-state index contributed by atoms with van der Waals surface area (Å²) in [5.41, 5.74) is 2.64. The maximum atomic E-state index is 10.7. The van der Waals surface area contributed by atoms with Crippen LogP contribution < -0.4 is 0 Å². The molecule has 0 saturated heterocycles. The van der Waals surface area contributed by atoms with Gasteiger partial charge in [0.25, 0.3) is 0 Å². The van der Waals surface area contributed by atoms with Crippen molar-refractivity contribution < 1.29 is 13.6 Å². The molecule has 2 aromatic carbocycles. The van der Waals surface area contributed by atoms with Crippen molar-refractivity contribution in [3.63, 3.8) is 0 Å². The first-order valence-electron chi connectivity index (χ1n) is 6.32. The average Bonchev–Trinajstić information content (AvgIpc) is 3.11. The topological polar surface area (TPSA) is 43.4 Å². The lowest BCUT2D eigenvalue weighted by Gasteiger charge is -1.96. The van der Waals surface area contributed by atoms with Gasteiger partial charge in [-0.3, -0.25) is 4.79 Å². The van der Waals surface area contributed by atoms with Crippen molar-refractivity contribution in [1.29, 1.82) is 0 Å². The zero-order valence-corrected chi connectivity index (χ0v) is 10.5. The first-order valence-corrected chi connectivity index (χ1v) is 6.32. The highest BCUT2D eigenvalue weighted by molar-refractivity contribution is 6.06. The van der Waals surface area contributed by atoms with E-state index in [0.29, 0.717) is 17.8 Å². The first kappa shape index (κ1) is 11.1. The first-order chi connectivity index (χ1) is 9.85. The molecule has 0 spiro atoms. The summed E-state index contributed by atoms with van der Waals surface area (Å²) in [6.45, 7) is 0. The molecule has 96 valence electrons. The van der Waals surface area contributed by atoms with Crippen LogP contribution in [0.15, 0.2) is 63.4 Å². The highest BCUT2D eigenvalue weighted by Gasteiger charge is 2.09. The van der Waals surface area contributed by atoms with Crippen LogP contribution in [0, 0.1) is 0 Å². The van der Waals surface area contributed by atoms with E-state index in [9.17, 15) is 4.79 Å². The lowest BCUT2D eigenvalue weighted by molar-refractivity contribution is 0.110. The van der Waals surface area contributed by atoms with E-state index in [4.69, 9.17) is 8.83 Å². The summed E-state index contributed by atoms with van der Waals surface area (Å²) in [5, 5.41) is 2.12. The van der Waals surface area contributed by atoms with Gasteiger partial charge >= 0.3 is 0 Å². The van der Waals surface area contributed by atoms with E-state index < -0.39 is 0 Å². The summed E-state index contributed by atoms with van der Waals surface area (Å²) in [4.78, 5) is 10.7. The number of benzene rings is 2. The molecule has 3 heteroatoms. The molecule has 3 nitrogen and oxygen atoms in total. The van der Waals surface area contributed by atoms with Crippen LogP contribution in [0.3, 0.4) is 0 Å². The second-order valence-corrected chi connectivity index (χ2v) is 4.63. The molecule has 4 aromatic rings. The van der Waals surface area contributed by atoms with Crippen molar-refractivity contribution in [2.24, 2.45) is 0 Å². The van der Waals surface area contributed by atoms with Crippen LogP contribution in [-0.2, 0) is 0 Å². The summed E-state index contributed by atoms with van der Waals surface area (Å²) in [6, 6.07) is 17.3. The summed E-state index contributed by atoms with van der Waals surface area (Å²) in [5.74, 6) is 1.01. The van der Waals surface area contributed by atoms with Gasteiger partial charge in [0.05, 0.1) is 0 Å². The lowest BCUT2D eigenvalue weighted by atomic mass is 10.1. The minimum Gasteiger partial charge on any atom is -0.456 e. The molecule has 0 bridgehead atoms. The second-order valence-electron chi connectivity index (χ2n) is 4.63. The van der Waals surface area contributed by atoms with Gasteiger partial charge in [0.1, 0.15) is 16.9 Å². The van der Waals surface area contributed by atoms with Crippen LogP contribution in [0.1, 0.15) is 10.6 Å². The van der Waals surface area contributed by atoms with Crippen LogP contribution in [-0.4, -0.2) is 6.29 Å². The van der Waals surface area contributed by atoms with E-state index in [1.54, 1.807) is 12.1 Å². The smallest absolute Gasteiger partial charge is 0.185 e. The Balaban J connectivity index is 1.97. The largest absolute Gasteiger partial charge is 0.456 e. The van der Waals surface area contributed by atoms with Crippen LogP contribution in [0.4, 0.5) is 0 Å². The normalized spacial score (nSPS) is 11.2. The predicted molar refractivity (Wildman–Crippen MR) is 76.8 cm³/mol. The zero-order valence-electron chi connectivity index (χ0n) is 10.5. The van der Waals surface area contributed by atoms with E-state index in [0.717, 1.165) is 27.5 Å². The van der Waals surface area contributed by atoms with Gasteiger partial charge < -0.3 is 8.83 Å². The standard InChI is InChI=1S/C17H10O3/c18-10-12-6-8-15(19-12)11-5-7-17-14(9-11)13-3-1-2-4-16(13)20-17/h1-10H. The molecule has 4 rings (SSSR count). The molecule has 0 aliphatic rings. The Hall–Kier alpha value is -2.81. The number of para-hydroxylation sites is 1. The van der Waals surface area contributed by atoms with Crippen molar-refractivity contribution in [1.82, 2.24) is 0 Å². The molecule has 0 aliphatic heterocycles. The number of carbonyl (C=O) groups is 1. The summed E-state index contributed by atoms with van der Waals surface area (Å²) in [6.07, 6.45) is 0.704. The van der Waals surface area contributed by atoms with E-state index in [1.807, 2.05) is 42.5 Å². The van der Waals surface area contributed by atoms with Gasteiger partial charge in [-0.1, -0.05) is 18.2 Å². The van der Waals surface area contributed by atoms with Gasteiger partial charge in [-0.05, 0) is 36.4 Å². The van der Waals surface area contributed by atoms with E-state index in [-0.39, 0.29) is 0 Å². The number of aldehydes is 1. The molecule has 0 fully saturated rings. The second kappa shape index (κ2) is 4.10. The average molecular weight is 262 g/mol. The maximum Gasteiger partial charge on any atom is 0.185 e. The number of rotatable bonds is 2. The van der Waals surface area contributed by atoms with Gasteiger partial charge in [0, 0.05) is 16.3 Å². The quantitative estimate of drug-likeness (QED) is 0.493. The van der Waals surface area contributed by atoms with E-state index in [2.05, 4.69) is 0 Å². The number of hydrogen-bond donors (Lipinski definition) is 0. The molecular formula is C17H10O3. The molecule has 2 aromatic heterocycles. The van der Waals surface area contributed by atoms with Gasteiger partial charge in [-0.2, -0.15) is 0 Å². The van der Waals surface area contributed by atoms with Gasteiger partial charge in [-0.15, -0.1) is 0 Å². The molecule has 0 unspecified atom stereocenters. The van der Waals surface area contributed by atoms with Gasteiger partial charge in [-0.25, -0.2) is 0 Å². The van der Waals surface area contributed by atoms with Crippen LogP contribution in [0.2, 0.25) is 0 Å². The fraction of sp³-hybridized carbons (Fsp3) is 0. The number of hydrogen-bond acceptors (Lipinski definition) is 3. The monoisotopic (exact) mass is 262 g/mol. The summed E-state index contributed by atoms with van der Waals surface area (Å²) < 4.78 is 11.2. The fourth-order valence-corrected chi connectivity index (χ4v) is 2.45. The Labute approximate surface area is 114 Å². The Bertz CT molecular complexity index is 928.